The van der Waals surface area contributed by atoms with Crippen molar-refractivity contribution in [3.63, 3.8) is 0 Å². The van der Waals surface area contributed by atoms with E-state index in [0.717, 1.165) is 24.3 Å². The average molecular weight is 283 g/mol. The summed E-state index contributed by atoms with van der Waals surface area (Å²) in [5.74, 6) is -0.477. The minimum Gasteiger partial charge on any atom is -0.319 e. The van der Waals surface area contributed by atoms with Crippen LogP contribution in [-0.2, 0) is 13.2 Å². The summed E-state index contributed by atoms with van der Waals surface area (Å²) >= 11 is 0. The first-order valence-electron chi connectivity index (χ1n) is 5.76. The summed E-state index contributed by atoms with van der Waals surface area (Å²) < 4.78 is 38.8. The highest BCUT2D eigenvalue weighted by molar-refractivity contribution is 6.04. The molecule has 106 valence electrons. The van der Waals surface area contributed by atoms with E-state index in [1.54, 1.807) is 20.2 Å². The normalized spacial score (nSPS) is 11.4. The lowest BCUT2D eigenvalue weighted by atomic mass is 10.1. The van der Waals surface area contributed by atoms with E-state index in [1.165, 1.54) is 4.68 Å². The van der Waals surface area contributed by atoms with Crippen LogP contribution in [0.2, 0.25) is 0 Å². The van der Waals surface area contributed by atoms with E-state index in [-0.39, 0.29) is 5.56 Å². The molecule has 1 heterocycles. The van der Waals surface area contributed by atoms with Gasteiger partial charge in [0.05, 0.1) is 16.9 Å². The number of aryl methyl sites for hydroxylation is 2. The van der Waals surface area contributed by atoms with Crippen molar-refractivity contribution in [2.45, 2.75) is 13.1 Å². The zero-order valence-corrected chi connectivity index (χ0v) is 10.8. The Morgan fingerprint density at radius 1 is 1.25 bits per heavy atom. The van der Waals surface area contributed by atoms with Gasteiger partial charge in [0.2, 0.25) is 0 Å². The Morgan fingerprint density at radius 3 is 2.30 bits per heavy atom. The summed E-state index contributed by atoms with van der Waals surface area (Å²) in [7, 11) is 1.71. The summed E-state index contributed by atoms with van der Waals surface area (Å²) in [6.07, 6.45) is -2.79. The molecule has 2 rings (SSSR count). The van der Waals surface area contributed by atoms with Crippen molar-refractivity contribution >= 4 is 11.6 Å². The molecule has 1 amide bonds. The van der Waals surface area contributed by atoms with Crippen molar-refractivity contribution in [2.75, 3.05) is 5.32 Å². The van der Waals surface area contributed by atoms with Crippen molar-refractivity contribution in [2.24, 2.45) is 7.05 Å². The summed E-state index contributed by atoms with van der Waals surface area (Å²) in [5.41, 5.74) is 0.526. The van der Waals surface area contributed by atoms with Gasteiger partial charge in [0.15, 0.2) is 0 Å². The first-order valence-corrected chi connectivity index (χ1v) is 5.76. The lowest BCUT2D eigenvalue weighted by Crippen LogP contribution is -2.13. The van der Waals surface area contributed by atoms with Crippen molar-refractivity contribution in [3.05, 3.63) is 47.3 Å². The van der Waals surface area contributed by atoms with Crippen LogP contribution in [0.5, 0.6) is 0 Å². The minimum atomic E-state index is -4.41. The molecular formula is C13H12F3N3O. The standard InChI is InChI=1S/C13H12F3N3O/c1-8-11(7-19(2)18-8)17-12(20)9-3-5-10(6-4-9)13(14,15)16/h3-7H,1-2H3,(H,17,20). The molecule has 0 fully saturated rings. The Bertz CT molecular complexity index is 629. The number of amides is 1. The Balaban J connectivity index is 2.16. The Labute approximate surface area is 113 Å². The van der Waals surface area contributed by atoms with Gasteiger partial charge in [-0.25, -0.2) is 0 Å². The maximum absolute atomic E-state index is 12.4. The second kappa shape index (κ2) is 4.99. The highest BCUT2D eigenvalue weighted by Crippen LogP contribution is 2.29. The van der Waals surface area contributed by atoms with Crippen LogP contribution in [0.3, 0.4) is 0 Å². The average Bonchev–Trinajstić information content (AvgIpc) is 2.67. The molecule has 0 aliphatic heterocycles. The highest BCUT2D eigenvalue weighted by atomic mass is 19.4. The van der Waals surface area contributed by atoms with Crippen LogP contribution in [0.4, 0.5) is 18.9 Å². The van der Waals surface area contributed by atoms with E-state index in [9.17, 15) is 18.0 Å². The van der Waals surface area contributed by atoms with Gasteiger partial charge in [0, 0.05) is 18.8 Å². The highest BCUT2D eigenvalue weighted by Gasteiger charge is 2.30. The van der Waals surface area contributed by atoms with E-state index >= 15 is 0 Å². The fourth-order valence-corrected chi connectivity index (χ4v) is 1.73. The molecule has 0 aliphatic rings. The van der Waals surface area contributed by atoms with Crippen LogP contribution in [0.1, 0.15) is 21.6 Å². The molecule has 0 unspecified atom stereocenters. The third-order valence-corrected chi connectivity index (χ3v) is 2.74. The van der Waals surface area contributed by atoms with Crippen molar-refractivity contribution in [3.8, 4) is 0 Å². The SMILES string of the molecule is Cc1nn(C)cc1NC(=O)c1ccc(C(F)(F)F)cc1. The number of nitrogens with one attached hydrogen (secondary N) is 1. The molecule has 0 saturated heterocycles. The Morgan fingerprint density at radius 2 is 1.85 bits per heavy atom. The van der Waals surface area contributed by atoms with Crippen molar-refractivity contribution in [1.29, 1.82) is 0 Å². The number of alkyl halides is 3. The quantitative estimate of drug-likeness (QED) is 0.921. The van der Waals surface area contributed by atoms with Crippen LogP contribution in [-0.4, -0.2) is 15.7 Å². The van der Waals surface area contributed by atoms with Gasteiger partial charge < -0.3 is 5.32 Å². The molecule has 20 heavy (non-hydrogen) atoms. The number of rotatable bonds is 2. The fraction of sp³-hybridized carbons (Fsp3) is 0.231. The zero-order valence-electron chi connectivity index (χ0n) is 10.8. The number of benzene rings is 1. The third-order valence-electron chi connectivity index (χ3n) is 2.74. The minimum absolute atomic E-state index is 0.154. The topological polar surface area (TPSA) is 46.9 Å². The predicted molar refractivity (Wildman–Crippen MR) is 67.3 cm³/mol. The molecule has 0 saturated carbocycles. The van der Waals surface area contributed by atoms with Gasteiger partial charge in [-0.05, 0) is 31.2 Å². The van der Waals surface area contributed by atoms with Crippen LogP contribution in [0.15, 0.2) is 30.5 Å². The number of hydrogen-bond donors (Lipinski definition) is 1. The number of aromatic nitrogens is 2. The Kier molecular flexibility index (Phi) is 3.52. The number of hydrogen-bond acceptors (Lipinski definition) is 2. The lowest BCUT2D eigenvalue weighted by Gasteiger charge is -2.07. The van der Waals surface area contributed by atoms with Gasteiger partial charge >= 0.3 is 6.18 Å². The second-order valence-corrected chi connectivity index (χ2v) is 4.33. The first kappa shape index (κ1) is 14.1. The molecule has 2 aromatic rings. The van der Waals surface area contributed by atoms with Gasteiger partial charge in [0.25, 0.3) is 5.91 Å². The molecule has 0 bridgehead atoms. The summed E-state index contributed by atoms with van der Waals surface area (Å²) in [6.45, 7) is 1.72. The van der Waals surface area contributed by atoms with E-state index in [1.807, 2.05) is 0 Å². The molecule has 1 aromatic heterocycles. The maximum Gasteiger partial charge on any atom is 0.416 e. The molecule has 1 aromatic carbocycles. The van der Waals surface area contributed by atoms with Crippen molar-refractivity contribution < 1.29 is 18.0 Å². The van der Waals surface area contributed by atoms with Crippen molar-refractivity contribution in [1.82, 2.24) is 9.78 Å². The number of nitrogens with zero attached hydrogens (tertiary/aromatic N) is 2. The van der Waals surface area contributed by atoms with Crippen LogP contribution < -0.4 is 5.32 Å². The van der Waals surface area contributed by atoms with E-state index < -0.39 is 17.6 Å². The number of anilines is 1. The van der Waals surface area contributed by atoms with Gasteiger partial charge in [-0.15, -0.1) is 0 Å². The fourth-order valence-electron chi connectivity index (χ4n) is 1.73. The lowest BCUT2D eigenvalue weighted by molar-refractivity contribution is -0.137. The largest absolute Gasteiger partial charge is 0.416 e. The monoisotopic (exact) mass is 283 g/mol. The van der Waals surface area contributed by atoms with Gasteiger partial charge in [-0.2, -0.15) is 18.3 Å². The molecule has 7 heteroatoms. The number of halogens is 3. The summed E-state index contributed by atoms with van der Waals surface area (Å²) in [5, 5.41) is 6.66. The van der Waals surface area contributed by atoms with E-state index in [4.69, 9.17) is 0 Å². The van der Waals surface area contributed by atoms with E-state index in [2.05, 4.69) is 10.4 Å². The van der Waals surface area contributed by atoms with Gasteiger partial charge in [0.1, 0.15) is 0 Å². The van der Waals surface area contributed by atoms with Crippen LogP contribution in [0.25, 0.3) is 0 Å². The molecule has 0 spiro atoms. The van der Waals surface area contributed by atoms with Gasteiger partial charge in [-0.1, -0.05) is 0 Å². The number of carbonyl (C=O) groups is 1. The molecule has 0 atom stereocenters. The predicted octanol–water partition coefficient (Wildman–Crippen LogP) is 3.00. The second-order valence-electron chi connectivity index (χ2n) is 4.33. The van der Waals surface area contributed by atoms with Gasteiger partial charge in [-0.3, -0.25) is 9.48 Å². The summed E-state index contributed by atoms with van der Waals surface area (Å²) in [4.78, 5) is 11.9. The van der Waals surface area contributed by atoms with Crippen LogP contribution >= 0.6 is 0 Å². The molecule has 0 radical (unpaired) electrons. The summed E-state index contributed by atoms with van der Waals surface area (Å²) in [6, 6.07) is 4.05. The van der Waals surface area contributed by atoms with E-state index in [0.29, 0.717) is 11.4 Å². The third kappa shape index (κ3) is 2.98. The first-order chi connectivity index (χ1) is 9.27. The number of carbonyl (C=O) groups excluding carboxylic acids is 1. The molecule has 4 nitrogen and oxygen atoms in total. The van der Waals surface area contributed by atoms with Crippen LogP contribution in [0, 0.1) is 6.92 Å². The smallest absolute Gasteiger partial charge is 0.319 e. The molecule has 1 N–H and O–H groups in total. The maximum atomic E-state index is 12.4. The molecular weight excluding hydrogens is 271 g/mol. The zero-order chi connectivity index (χ0) is 14.9. The molecule has 0 aliphatic carbocycles. The Hall–Kier alpha value is -2.31.